The predicted octanol–water partition coefficient (Wildman–Crippen LogP) is 3.57. The number of hydrogen-bond donors (Lipinski definition) is 2. The highest BCUT2D eigenvalue weighted by molar-refractivity contribution is 5.90. The van der Waals surface area contributed by atoms with Crippen molar-refractivity contribution in [1.29, 1.82) is 0 Å². The molecule has 2 atom stereocenters. The number of likely N-dealkylation sites (tertiary alicyclic amines) is 1. The minimum Gasteiger partial charge on any atom is -0.497 e. The first-order valence-electron chi connectivity index (χ1n) is 11.0. The van der Waals surface area contributed by atoms with Crippen molar-refractivity contribution in [1.82, 2.24) is 10.2 Å². The highest BCUT2D eigenvalue weighted by Crippen LogP contribution is 2.35. The molecule has 2 aliphatic rings. The zero-order chi connectivity index (χ0) is 20.9. The van der Waals surface area contributed by atoms with Gasteiger partial charge in [0.25, 0.3) is 0 Å². The van der Waals surface area contributed by atoms with E-state index in [1.165, 1.54) is 6.42 Å². The van der Waals surface area contributed by atoms with Gasteiger partial charge in [-0.2, -0.15) is 0 Å². The van der Waals surface area contributed by atoms with Gasteiger partial charge >= 0.3 is 0 Å². The van der Waals surface area contributed by atoms with E-state index in [9.17, 15) is 9.59 Å². The van der Waals surface area contributed by atoms with Crippen LogP contribution in [-0.2, 0) is 9.59 Å². The number of anilines is 1. The van der Waals surface area contributed by atoms with Crippen molar-refractivity contribution in [3.05, 3.63) is 24.3 Å². The number of rotatable bonds is 6. The molecule has 1 saturated heterocycles. The van der Waals surface area contributed by atoms with E-state index in [-0.39, 0.29) is 17.9 Å². The summed E-state index contributed by atoms with van der Waals surface area (Å²) >= 11 is 0. The van der Waals surface area contributed by atoms with Gasteiger partial charge in [0.05, 0.1) is 7.11 Å². The van der Waals surface area contributed by atoms with Gasteiger partial charge < -0.3 is 20.3 Å². The topological polar surface area (TPSA) is 70.7 Å². The van der Waals surface area contributed by atoms with Crippen molar-refractivity contribution < 1.29 is 14.3 Å². The second-order valence-corrected chi connectivity index (χ2v) is 8.51. The molecule has 160 valence electrons. The molecule has 2 amide bonds. The maximum Gasteiger partial charge on any atom is 0.248 e. The lowest BCUT2D eigenvalue weighted by Gasteiger charge is -2.45. The van der Waals surface area contributed by atoms with Crippen molar-refractivity contribution >= 4 is 17.5 Å². The number of methoxy groups -OCH3 is 1. The molecule has 29 heavy (non-hydrogen) atoms. The van der Waals surface area contributed by atoms with E-state index in [2.05, 4.69) is 17.6 Å². The fraction of sp³-hybridized carbons (Fsp3) is 0.652. The first kappa shape index (κ1) is 21.5. The molecule has 3 rings (SSSR count). The Kier molecular flexibility index (Phi) is 7.04. The smallest absolute Gasteiger partial charge is 0.248 e. The Bertz CT molecular complexity index is 698. The predicted molar refractivity (Wildman–Crippen MR) is 115 cm³/mol. The van der Waals surface area contributed by atoms with Crippen molar-refractivity contribution in [3.63, 3.8) is 0 Å². The molecule has 0 unspecified atom stereocenters. The van der Waals surface area contributed by atoms with E-state index in [0.29, 0.717) is 19.0 Å². The molecule has 2 fully saturated rings. The minimum absolute atomic E-state index is 0.0122. The first-order chi connectivity index (χ1) is 14.0. The highest BCUT2D eigenvalue weighted by atomic mass is 16.5. The third-order valence-electron chi connectivity index (χ3n) is 6.52. The van der Waals surface area contributed by atoms with Crippen LogP contribution in [-0.4, -0.2) is 48.5 Å². The summed E-state index contributed by atoms with van der Waals surface area (Å²) < 4.78 is 5.26. The van der Waals surface area contributed by atoms with Gasteiger partial charge in [0.2, 0.25) is 11.8 Å². The minimum atomic E-state index is -0.536. The Morgan fingerprint density at radius 2 is 1.86 bits per heavy atom. The molecule has 6 nitrogen and oxygen atoms in total. The largest absolute Gasteiger partial charge is 0.497 e. The Balaban J connectivity index is 1.75. The fourth-order valence-corrected chi connectivity index (χ4v) is 4.88. The molecular weight excluding hydrogens is 366 g/mol. The molecule has 0 bridgehead atoms. The van der Waals surface area contributed by atoms with E-state index < -0.39 is 5.54 Å². The van der Waals surface area contributed by atoms with Crippen molar-refractivity contribution in [2.75, 3.05) is 25.5 Å². The summed E-state index contributed by atoms with van der Waals surface area (Å²) in [4.78, 5) is 27.3. The average Bonchev–Trinajstić information content (AvgIpc) is 2.74. The van der Waals surface area contributed by atoms with Crippen molar-refractivity contribution in [3.8, 4) is 5.75 Å². The van der Waals surface area contributed by atoms with Crippen LogP contribution in [0, 0.1) is 5.92 Å². The van der Waals surface area contributed by atoms with Crippen LogP contribution in [0.25, 0.3) is 0 Å². The number of nitrogens with one attached hydrogen (secondary N) is 2. The van der Waals surface area contributed by atoms with E-state index in [1.807, 2.05) is 29.2 Å². The number of ether oxygens (including phenoxy) is 1. The maximum atomic E-state index is 13.7. The van der Waals surface area contributed by atoms with Gasteiger partial charge in [-0.1, -0.05) is 26.2 Å². The van der Waals surface area contributed by atoms with Crippen LogP contribution >= 0.6 is 0 Å². The van der Waals surface area contributed by atoms with Crippen LogP contribution < -0.4 is 15.4 Å². The van der Waals surface area contributed by atoms with Crippen LogP contribution in [0.4, 0.5) is 5.69 Å². The molecule has 1 aromatic carbocycles. The standard InChI is InChI=1S/C23H35N3O3/c1-4-18-16-26(15-12-21(18)24-17(2)27)22(28)23(13-6-5-7-14-23)25-19-8-10-20(29-3)11-9-19/h8-11,18,21,25H,4-7,12-16H2,1-3H3,(H,24,27)/t18-,21+/m1/s1. The molecule has 1 aliphatic carbocycles. The third kappa shape index (κ3) is 5.03. The number of carbonyl (C=O) groups excluding carboxylic acids is 2. The number of nitrogens with zero attached hydrogens (tertiary/aromatic N) is 1. The monoisotopic (exact) mass is 401 g/mol. The van der Waals surface area contributed by atoms with E-state index in [0.717, 1.165) is 50.0 Å². The van der Waals surface area contributed by atoms with Gasteiger partial charge in [-0.3, -0.25) is 9.59 Å². The Morgan fingerprint density at radius 3 is 2.45 bits per heavy atom. The molecule has 1 aliphatic heterocycles. The van der Waals surface area contributed by atoms with Gasteiger partial charge in [0.15, 0.2) is 0 Å². The summed E-state index contributed by atoms with van der Waals surface area (Å²) in [7, 11) is 1.66. The molecule has 0 aromatic heterocycles. The van der Waals surface area contributed by atoms with Gasteiger partial charge in [-0.25, -0.2) is 0 Å². The van der Waals surface area contributed by atoms with Crippen LogP contribution in [0.5, 0.6) is 5.75 Å². The number of hydrogen-bond acceptors (Lipinski definition) is 4. The molecule has 0 spiro atoms. The molecule has 2 N–H and O–H groups in total. The zero-order valence-corrected chi connectivity index (χ0v) is 18.0. The van der Waals surface area contributed by atoms with Crippen molar-refractivity contribution in [2.45, 2.75) is 70.4 Å². The summed E-state index contributed by atoms with van der Waals surface area (Å²) in [5.74, 6) is 1.34. The lowest BCUT2D eigenvalue weighted by Crippen LogP contribution is -2.60. The summed E-state index contributed by atoms with van der Waals surface area (Å²) in [5, 5.41) is 6.68. The van der Waals surface area contributed by atoms with E-state index >= 15 is 0 Å². The molecular formula is C23H35N3O3. The Labute approximate surface area is 174 Å². The quantitative estimate of drug-likeness (QED) is 0.764. The zero-order valence-electron chi connectivity index (χ0n) is 18.0. The summed E-state index contributed by atoms with van der Waals surface area (Å²) in [6.45, 7) is 5.12. The molecule has 1 heterocycles. The second-order valence-electron chi connectivity index (χ2n) is 8.51. The fourth-order valence-electron chi connectivity index (χ4n) is 4.88. The highest BCUT2D eigenvalue weighted by Gasteiger charge is 2.44. The third-order valence-corrected chi connectivity index (χ3v) is 6.52. The molecule has 6 heteroatoms. The maximum absolute atomic E-state index is 13.7. The van der Waals surface area contributed by atoms with Gasteiger partial charge in [0.1, 0.15) is 11.3 Å². The Hall–Kier alpha value is -2.24. The summed E-state index contributed by atoms with van der Waals surface area (Å²) in [5.41, 5.74) is 0.424. The second kappa shape index (κ2) is 9.51. The number of piperidine rings is 1. The lowest BCUT2D eigenvalue weighted by molar-refractivity contribution is -0.139. The van der Waals surface area contributed by atoms with Crippen LogP contribution in [0.15, 0.2) is 24.3 Å². The average molecular weight is 402 g/mol. The van der Waals surface area contributed by atoms with Crippen LogP contribution in [0.2, 0.25) is 0 Å². The summed E-state index contributed by atoms with van der Waals surface area (Å²) in [6.07, 6.45) is 6.81. The normalized spacial score (nSPS) is 23.9. The number of benzene rings is 1. The van der Waals surface area contributed by atoms with Crippen molar-refractivity contribution in [2.24, 2.45) is 5.92 Å². The number of amides is 2. The number of carbonyl (C=O) groups is 2. The first-order valence-corrected chi connectivity index (χ1v) is 11.0. The lowest BCUT2D eigenvalue weighted by atomic mass is 9.79. The van der Waals surface area contributed by atoms with E-state index in [1.54, 1.807) is 14.0 Å². The molecule has 0 radical (unpaired) electrons. The van der Waals surface area contributed by atoms with Gasteiger partial charge in [-0.15, -0.1) is 0 Å². The van der Waals surface area contributed by atoms with Crippen LogP contribution in [0.3, 0.4) is 0 Å². The van der Waals surface area contributed by atoms with Crippen LogP contribution in [0.1, 0.15) is 58.8 Å². The molecule has 1 saturated carbocycles. The SMILES string of the molecule is CC[C@@H]1CN(C(=O)C2(Nc3ccc(OC)cc3)CCCCC2)CC[C@@H]1NC(C)=O. The summed E-state index contributed by atoms with van der Waals surface area (Å²) in [6, 6.07) is 7.99. The van der Waals surface area contributed by atoms with E-state index in [4.69, 9.17) is 4.74 Å². The Morgan fingerprint density at radius 1 is 1.17 bits per heavy atom. The van der Waals surface area contributed by atoms with Gasteiger partial charge in [0, 0.05) is 31.7 Å². The molecule has 1 aromatic rings. The van der Waals surface area contributed by atoms with Gasteiger partial charge in [-0.05, 0) is 55.9 Å².